The topological polar surface area (TPSA) is 316 Å². The second-order valence-electron chi connectivity index (χ2n) is 16.5. The van der Waals surface area contributed by atoms with Crippen molar-refractivity contribution in [2.24, 2.45) is 0 Å². The number of ether oxygens (including phenoxy) is 4. The lowest BCUT2D eigenvalue weighted by Crippen LogP contribution is -2.26. The summed E-state index contributed by atoms with van der Waals surface area (Å²) in [5.41, 5.74) is 4.24. The minimum Gasteiger partial charge on any atom is -0.459 e. The summed E-state index contributed by atoms with van der Waals surface area (Å²) >= 11 is 0. The van der Waals surface area contributed by atoms with Crippen molar-refractivity contribution in [1.29, 1.82) is 0 Å². The Balaban J connectivity index is 0.000000183. The van der Waals surface area contributed by atoms with E-state index >= 15 is 0 Å². The van der Waals surface area contributed by atoms with E-state index in [2.05, 4.69) is 54.2 Å². The zero-order valence-electron chi connectivity index (χ0n) is 39.5. The number of carbonyl (C=O) groups is 4. The van der Waals surface area contributed by atoms with Crippen LogP contribution in [0.1, 0.15) is 61.6 Å². The minimum atomic E-state index is -4.08. The van der Waals surface area contributed by atoms with Crippen LogP contribution in [0.3, 0.4) is 0 Å². The highest BCUT2D eigenvalue weighted by atomic mass is 32.3. The third kappa shape index (κ3) is 19.8. The maximum atomic E-state index is 12.6. The van der Waals surface area contributed by atoms with Crippen LogP contribution in [0, 0.1) is 5.82 Å². The van der Waals surface area contributed by atoms with Gasteiger partial charge in [-0.25, -0.2) is 57.0 Å². The molecule has 5 atom stereocenters. The van der Waals surface area contributed by atoms with Gasteiger partial charge >= 0.3 is 65.5 Å². The summed E-state index contributed by atoms with van der Waals surface area (Å²) in [6, 6.07) is 31.2. The van der Waals surface area contributed by atoms with Gasteiger partial charge in [0.1, 0.15) is 58.2 Å². The van der Waals surface area contributed by atoms with E-state index in [9.17, 15) is 57.2 Å². The molecule has 24 nitrogen and oxygen atoms in total. The first-order valence-electron chi connectivity index (χ1n) is 21.6. The van der Waals surface area contributed by atoms with Crippen molar-refractivity contribution in [2.75, 3.05) is 26.4 Å². The molecule has 8 rings (SSSR count). The van der Waals surface area contributed by atoms with Gasteiger partial charge in [0.05, 0.1) is 0 Å². The van der Waals surface area contributed by atoms with Gasteiger partial charge in [-0.05, 0) is 52.3 Å². The molecule has 404 valence electrons. The summed E-state index contributed by atoms with van der Waals surface area (Å²) < 4.78 is 154. The fourth-order valence-electron chi connectivity index (χ4n) is 5.84. The van der Waals surface area contributed by atoms with Gasteiger partial charge in [-0.3, -0.25) is 0 Å². The molecule has 0 saturated carbocycles. The highest BCUT2D eigenvalue weighted by Gasteiger charge is 2.39. The summed E-state index contributed by atoms with van der Waals surface area (Å²) in [6.07, 6.45) is -5.41. The van der Waals surface area contributed by atoms with Gasteiger partial charge in [-0.2, -0.15) is 33.7 Å². The number of hydrogen-bond acceptors (Lipinski definition) is 24. The number of carbonyl (C=O) groups excluding carboxylic acids is 4. The standard InChI is InChI=1S/C14H18O6S.C11H12O6S.C10H9FO6S.C10H10O6S/c1-14(2,3)11-6-4-10(5-7-11)8-18-13(15)12-9-19-21(16,17)20-12;1-8(9-5-3-2-4-6-9)16-11(12)10-7-15-18(13,14)17-10;11-8-3-1-7(2-4-8)5-15-10(12)9-6-16-18(13,14)17-9;11-10(9-7-15-17(12,13)16-9)14-6-8-4-2-1-3-5-8/h4-7,12H,8-9H2,1-3H3;2-6,8,10H,7H2,1H3;1-4,9H,5-6H2;1-5,9H,6-7H2. The van der Waals surface area contributed by atoms with E-state index in [0.29, 0.717) is 5.56 Å². The molecule has 0 aliphatic carbocycles. The van der Waals surface area contributed by atoms with E-state index in [4.69, 9.17) is 18.9 Å². The van der Waals surface area contributed by atoms with Gasteiger partial charge in [0.15, 0.2) is 0 Å². The quantitative estimate of drug-likeness (QED) is 0.145. The molecule has 4 heterocycles. The average molecular weight is 1120 g/mol. The smallest absolute Gasteiger partial charge is 0.400 e. The number of hydrogen-bond donors (Lipinski definition) is 0. The predicted molar refractivity (Wildman–Crippen MR) is 247 cm³/mol. The Kier molecular flexibility index (Phi) is 20.8. The second kappa shape index (κ2) is 26.1. The van der Waals surface area contributed by atoms with E-state index in [1.807, 2.05) is 60.7 Å². The van der Waals surface area contributed by atoms with Gasteiger partial charge in [-0.15, -0.1) is 0 Å². The lowest BCUT2D eigenvalue weighted by atomic mass is 9.87. The molecule has 0 amide bonds. The van der Waals surface area contributed by atoms with Gasteiger partial charge in [0, 0.05) is 0 Å². The Morgan fingerprint density at radius 3 is 1.12 bits per heavy atom. The van der Waals surface area contributed by atoms with Crippen LogP contribution in [0.2, 0.25) is 0 Å². The van der Waals surface area contributed by atoms with Gasteiger partial charge in [-0.1, -0.05) is 118 Å². The van der Waals surface area contributed by atoms with Crippen molar-refractivity contribution in [3.05, 3.63) is 143 Å². The molecule has 0 N–H and O–H groups in total. The van der Waals surface area contributed by atoms with E-state index in [1.165, 1.54) is 29.8 Å². The first kappa shape index (κ1) is 59.1. The van der Waals surface area contributed by atoms with E-state index in [-0.39, 0.29) is 45.1 Å². The molecule has 29 heteroatoms. The Morgan fingerprint density at radius 2 is 0.797 bits per heavy atom. The zero-order valence-corrected chi connectivity index (χ0v) is 42.8. The van der Waals surface area contributed by atoms with E-state index < -0.39 is 108 Å². The predicted octanol–water partition coefficient (Wildman–Crippen LogP) is 3.56. The Morgan fingerprint density at radius 1 is 0.486 bits per heavy atom. The van der Waals surface area contributed by atoms with Crippen LogP contribution in [-0.4, -0.2) is 108 Å². The molecule has 4 aromatic carbocycles. The molecule has 4 aliphatic heterocycles. The highest BCUT2D eigenvalue weighted by Crippen LogP contribution is 2.24. The monoisotopic (exact) mass is 1120 g/mol. The molecule has 0 radical (unpaired) electrons. The number of rotatable bonds is 12. The number of halogens is 1. The highest BCUT2D eigenvalue weighted by molar-refractivity contribution is 7.82. The summed E-state index contributed by atoms with van der Waals surface area (Å²) in [5.74, 6) is -3.51. The Labute approximate surface area is 426 Å². The zero-order chi connectivity index (χ0) is 54.3. The Hall–Kier alpha value is -5.83. The molecule has 4 saturated heterocycles. The normalized spacial score (nSPS) is 22.1. The Bertz CT molecular complexity index is 2990. The van der Waals surface area contributed by atoms with Crippen molar-refractivity contribution >= 4 is 65.5 Å². The molecule has 4 aliphatic rings. The lowest BCUT2D eigenvalue weighted by molar-refractivity contribution is -0.156. The first-order chi connectivity index (χ1) is 34.7. The summed E-state index contributed by atoms with van der Waals surface area (Å²) in [6.45, 7) is 6.63. The van der Waals surface area contributed by atoms with Gasteiger partial charge in [0.25, 0.3) is 0 Å². The molecule has 5 unspecified atom stereocenters. The minimum absolute atomic E-state index is 0.0542. The molecular weight excluding hydrogens is 1070 g/mol. The van der Waals surface area contributed by atoms with Crippen molar-refractivity contribution in [3.8, 4) is 0 Å². The third-order valence-electron chi connectivity index (χ3n) is 9.72. The summed E-state index contributed by atoms with van der Waals surface area (Å²) in [5, 5.41) is 0. The van der Waals surface area contributed by atoms with Crippen molar-refractivity contribution in [3.63, 3.8) is 0 Å². The molecule has 4 fully saturated rings. The SMILES string of the molecule is CC(C)(C)c1ccc(COC(=O)C2COS(=O)(=O)O2)cc1.CC(OC(=O)C1COS(=O)(=O)O1)c1ccccc1.O=C(OCc1ccc(F)cc1)C1COS(=O)(=O)O1.O=C(OCc1ccccc1)C1COS(=O)(=O)O1. The third-order valence-corrected chi connectivity index (χ3v) is 13.3. The van der Waals surface area contributed by atoms with Crippen LogP contribution >= 0.6 is 0 Å². The van der Waals surface area contributed by atoms with Gasteiger partial charge < -0.3 is 18.9 Å². The summed E-state index contributed by atoms with van der Waals surface area (Å²) in [7, 11) is -16.2. The molecule has 0 aromatic heterocycles. The molecular formula is C45H49FO24S4. The number of benzene rings is 4. The van der Waals surface area contributed by atoms with E-state index in [0.717, 1.165) is 16.7 Å². The van der Waals surface area contributed by atoms with Crippen molar-refractivity contribution in [2.45, 2.75) is 83.5 Å². The fourth-order valence-corrected chi connectivity index (χ4v) is 8.90. The van der Waals surface area contributed by atoms with Crippen molar-refractivity contribution in [1.82, 2.24) is 0 Å². The molecule has 0 bridgehead atoms. The largest absolute Gasteiger partial charge is 0.459 e. The summed E-state index contributed by atoms with van der Waals surface area (Å²) in [4.78, 5) is 46.1. The van der Waals surface area contributed by atoms with Gasteiger partial charge in [0.2, 0.25) is 24.4 Å². The lowest BCUT2D eigenvalue weighted by Gasteiger charge is -2.19. The maximum Gasteiger partial charge on any atom is 0.400 e. The van der Waals surface area contributed by atoms with Crippen molar-refractivity contribution < 1.29 is 110 Å². The first-order valence-corrected chi connectivity index (χ1v) is 26.9. The van der Waals surface area contributed by atoms with Crippen LogP contribution in [0.25, 0.3) is 0 Å². The van der Waals surface area contributed by atoms with Crippen LogP contribution in [0.15, 0.2) is 109 Å². The molecule has 0 spiro atoms. The maximum absolute atomic E-state index is 12.6. The van der Waals surface area contributed by atoms with Crippen LogP contribution < -0.4 is 0 Å². The molecule has 4 aromatic rings. The number of esters is 4. The second-order valence-corrected chi connectivity index (χ2v) is 21.5. The van der Waals surface area contributed by atoms with Crippen LogP contribution in [0.4, 0.5) is 4.39 Å². The fraction of sp³-hybridized carbons (Fsp3) is 0.378. The molecule has 74 heavy (non-hydrogen) atoms. The average Bonchev–Trinajstić information content (AvgIpc) is 4.14. The van der Waals surface area contributed by atoms with Crippen LogP contribution in [-0.2, 0) is 138 Å². The van der Waals surface area contributed by atoms with E-state index in [1.54, 1.807) is 31.2 Å². The van der Waals surface area contributed by atoms with Crippen LogP contribution in [0.5, 0.6) is 0 Å².